The highest BCUT2D eigenvalue weighted by Crippen LogP contribution is 2.31. The molecule has 1 aliphatic rings. The topological polar surface area (TPSA) is 44.9 Å². The lowest BCUT2D eigenvalue weighted by Crippen LogP contribution is -2.46. The monoisotopic (exact) mass is 266 g/mol. The number of fused-ring (bicyclic) bond motifs is 1. The Morgan fingerprint density at radius 1 is 0.950 bits per heavy atom. The number of hydrogen-bond donors (Lipinski definition) is 1. The molecule has 2 aromatic carbocycles. The van der Waals surface area contributed by atoms with Crippen LogP contribution in [0.2, 0.25) is 0 Å². The molecule has 2 N–H and O–H groups in total. The van der Waals surface area contributed by atoms with Gasteiger partial charge in [-0.2, -0.15) is 0 Å². The number of guanidine groups is 1. The first-order chi connectivity index (χ1) is 9.75. The zero-order chi connectivity index (χ0) is 13.9. The van der Waals surface area contributed by atoms with Crippen molar-refractivity contribution in [3.8, 4) is 0 Å². The lowest BCUT2D eigenvalue weighted by Gasteiger charge is -2.36. The summed E-state index contributed by atoms with van der Waals surface area (Å²) in [5.74, 6) is 0.539. The third-order valence-corrected chi connectivity index (χ3v) is 3.52. The molecule has 3 rings (SSSR count). The minimum atomic E-state index is 0.539. The highest BCUT2D eigenvalue weighted by molar-refractivity contribution is 6.00. The molecular formula is C16H18N4. The molecule has 0 aromatic heterocycles. The maximum absolute atomic E-state index is 6.20. The molecule has 0 saturated heterocycles. The third kappa shape index (κ3) is 2.32. The summed E-state index contributed by atoms with van der Waals surface area (Å²) in [6, 6.07) is 18.1. The van der Waals surface area contributed by atoms with Crippen LogP contribution in [0.25, 0.3) is 0 Å². The highest BCUT2D eigenvalue weighted by atomic mass is 15.3. The molecule has 0 unspecified atom stereocenters. The summed E-state index contributed by atoms with van der Waals surface area (Å²) in [6.45, 7) is 1.78. The van der Waals surface area contributed by atoms with Gasteiger partial charge in [0, 0.05) is 20.1 Å². The molecular weight excluding hydrogens is 248 g/mol. The van der Waals surface area contributed by atoms with Gasteiger partial charge in [-0.3, -0.25) is 0 Å². The number of aliphatic imine (C=N–C) groups is 1. The minimum Gasteiger partial charge on any atom is -0.371 e. The Kier molecular flexibility index (Phi) is 3.29. The number of likely N-dealkylation sites (N-methyl/N-ethyl adjacent to an activating group) is 1. The standard InChI is InChI=1S/C16H18N4/c1-19-11-12-20(15-10-6-5-9-14(15)19)16(17)18-13-7-3-2-4-8-13/h2-10H,11-12H2,1H3,(H2,17,18). The van der Waals surface area contributed by atoms with Gasteiger partial charge in [0.2, 0.25) is 5.96 Å². The fourth-order valence-electron chi connectivity index (χ4n) is 2.44. The van der Waals surface area contributed by atoms with E-state index in [-0.39, 0.29) is 0 Å². The molecule has 1 aliphatic heterocycles. The molecule has 4 heteroatoms. The molecule has 0 bridgehead atoms. The van der Waals surface area contributed by atoms with Crippen molar-refractivity contribution in [1.82, 2.24) is 0 Å². The van der Waals surface area contributed by atoms with Crippen molar-refractivity contribution in [2.45, 2.75) is 0 Å². The van der Waals surface area contributed by atoms with Gasteiger partial charge in [-0.05, 0) is 24.3 Å². The first kappa shape index (κ1) is 12.5. The second kappa shape index (κ2) is 5.25. The third-order valence-electron chi connectivity index (χ3n) is 3.52. The highest BCUT2D eigenvalue weighted by Gasteiger charge is 2.21. The van der Waals surface area contributed by atoms with Gasteiger partial charge in [-0.1, -0.05) is 30.3 Å². The normalized spacial score (nSPS) is 15.2. The van der Waals surface area contributed by atoms with Crippen LogP contribution in [0.15, 0.2) is 59.6 Å². The van der Waals surface area contributed by atoms with E-state index < -0.39 is 0 Å². The SMILES string of the molecule is CN1CCN(C(N)=Nc2ccccc2)c2ccccc21. The van der Waals surface area contributed by atoms with Crippen LogP contribution in [0.3, 0.4) is 0 Å². The van der Waals surface area contributed by atoms with E-state index >= 15 is 0 Å². The molecule has 0 radical (unpaired) electrons. The Labute approximate surface area is 119 Å². The molecule has 0 amide bonds. The van der Waals surface area contributed by atoms with Crippen LogP contribution >= 0.6 is 0 Å². The number of para-hydroxylation sites is 3. The number of benzene rings is 2. The van der Waals surface area contributed by atoms with Gasteiger partial charge in [0.15, 0.2) is 0 Å². The van der Waals surface area contributed by atoms with Crippen molar-refractivity contribution in [2.24, 2.45) is 10.7 Å². The molecule has 0 atom stereocenters. The van der Waals surface area contributed by atoms with Crippen LogP contribution in [0.1, 0.15) is 0 Å². The van der Waals surface area contributed by atoms with Crippen molar-refractivity contribution in [3.05, 3.63) is 54.6 Å². The molecule has 20 heavy (non-hydrogen) atoms. The molecule has 102 valence electrons. The molecule has 0 spiro atoms. The molecule has 2 aromatic rings. The van der Waals surface area contributed by atoms with Crippen molar-refractivity contribution in [2.75, 3.05) is 29.9 Å². The van der Waals surface area contributed by atoms with Crippen LogP contribution in [0, 0.1) is 0 Å². The zero-order valence-corrected chi connectivity index (χ0v) is 11.5. The smallest absolute Gasteiger partial charge is 0.201 e. The van der Waals surface area contributed by atoms with E-state index in [1.54, 1.807) is 0 Å². The largest absolute Gasteiger partial charge is 0.371 e. The van der Waals surface area contributed by atoms with Crippen molar-refractivity contribution in [3.63, 3.8) is 0 Å². The summed E-state index contributed by atoms with van der Waals surface area (Å²) < 4.78 is 0. The second-order valence-corrected chi connectivity index (χ2v) is 4.87. The lowest BCUT2D eigenvalue weighted by molar-refractivity contribution is 0.831. The van der Waals surface area contributed by atoms with Gasteiger partial charge in [-0.25, -0.2) is 4.99 Å². The number of anilines is 2. The fraction of sp³-hybridized carbons (Fsp3) is 0.188. The fourth-order valence-corrected chi connectivity index (χ4v) is 2.44. The lowest BCUT2D eigenvalue weighted by atomic mass is 10.2. The Bertz CT molecular complexity index is 621. The maximum atomic E-state index is 6.20. The van der Waals surface area contributed by atoms with Crippen molar-refractivity contribution in [1.29, 1.82) is 0 Å². The van der Waals surface area contributed by atoms with Crippen LogP contribution in [0.4, 0.5) is 17.1 Å². The summed E-state index contributed by atoms with van der Waals surface area (Å²) in [6.07, 6.45) is 0. The first-order valence-electron chi connectivity index (χ1n) is 6.72. The van der Waals surface area contributed by atoms with Gasteiger partial charge in [0.25, 0.3) is 0 Å². The Morgan fingerprint density at radius 2 is 1.60 bits per heavy atom. The Balaban J connectivity index is 1.95. The van der Waals surface area contributed by atoms with E-state index in [4.69, 9.17) is 5.73 Å². The first-order valence-corrected chi connectivity index (χ1v) is 6.72. The average molecular weight is 266 g/mol. The second-order valence-electron chi connectivity index (χ2n) is 4.87. The molecule has 1 heterocycles. The van der Waals surface area contributed by atoms with Crippen LogP contribution in [-0.4, -0.2) is 26.1 Å². The Morgan fingerprint density at radius 3 is 2.35 bits per heavy atom. The number of hydrogen-bond acceptors (Lipinski definition) is 2. The molecule has 0 fully saturated rings. The summed E-state index contributed by atoms with van der Waals surface area (Å²) in [4.78, 5) is 8.82. The molecule has 0 saturated carbocycles. The van der Waals surface area contributed by atoms with Gasteiger partial charge in [-0.15, -0.1) is 0 Å². The van der Waals surface area contributed by atoms with E-state index in [1.165, 1.54) is 5.69 Å². The zero-order valence-electron chi connectivity index (χ0n) is 11.5. The van der Waals surface area contributed by atoms with Crippen molar-refractivity contribution >= 4 is 23.0 Å². The van der Waals surface area contributed by atoms with Gasteiger partial charge >= 0.3 is 0 Å². The van der Waals surface area contributed by atoms with Gasteiger partial charge < -0.3 is 15.5 Å². The van der Waals surface area contributed by atoms with E-state index in [2.05, 4.69) is 34.0 Å². The summed E-state index contributed by atoms with van der Waals surface area (Å²) >= 11 is 0. The number of rotatable bonds is 1. The summed E-state index contributed by atoms with van der Waals surface area (Å²) in [7, 11) is 2.10. The summed E-state index contributed by atoms with van der Waals surface area (Å²) in [5, 5.41) is 0. The van der Waals surface area contributed by atoms with E-state index in [1.807, 2.05) is 42.5 Å². The van der Waals surface area contributed by atoms with Crippen LogP contribution < -0.4 is 15.5 Å². The van der Waals surface area contributed by atoms with E-state index in [0.29, 0.717) is 5.96 Å². The van der Waals surface area contributed by atoms with Crippen LogP contribution in [-0.2, 0) is 0 Å². The van der Waals surface area contributed by atoms with Gasteiger partial charge in [0.1, 0.15) is 0 Å². The maximum Gasteiger partial charge on any atom is 0.201 e. The predicted octanol–water partition coefficient (Wildman–Crippen LogP) is 2.59. The number of nitrogens with two attached hydrogens (primary N) is 1. The Hall–Kier alpha value is -2.49. The van der Waals surface area contributed by atoms with E-state index in [0.717, 1.165) is 24.5 Å². The molecule has 4 nitrogen and oxygen atoms in total. The number of nitrogens with zero attached hydrogens (tertiary/aromatic N) is 3. The summed E-state index contributed by atoms with van der Waals surface area (Å²) in [5.41, 5.74) is 9.37. The quantitative estimate of drug-likeness (QED) is 0.637. The average Bonchev–Trinajstić information content (AvgIpc) is 2.49. The predicted molar refractivity (Wildman–Crippen MR) is 84.8 cm³/mol. The van der Waals surface area contributed by atoms with E-state index in [9.17, 15) is 0 Å². The minimum absolute atomic E-state index is 0.539. The van der Waals surface area contributed by atoms with Gasteiger partial charge in [0.05, 0.1) is 17.1 Å². The van der Waals surface area contributed by atoms with Crippen molar-refractivity contribution < 1.29 is 0 Å². The van der Waals surface area contributed by atoms with Crippen LogP contribution in [0.5, 0.6) is 0 Å². The molecule has 0 aliphatic carbocycles.